The number of nitrogens with zero attached hydrogens (tertiary/aromatic N) is 7. The molecule has 4 rings (SSSR count). The lowest BCUT2D eigenvalue weighted by atomic mass is 10.2. The number of aromatic nitrogens is 3. The minimum absolute atomic E-state index is 0.252. The monoisotopic (exact) mass is 430 g/mol. The van der Waals surface area contributed by atoms with Crippen molar-refractivity contribution in [2.24, 2.45) is 5.10 Å². The fourth-order valence-corrected chi connectivity index (χ4v) is 3.14. The van der Waals surface area contributed by atoms with E-state index in [2.05, 4.69) is 25.5 Å². The van der Waals surface area contributed by atoms with Crippen molar-refractivity contribution in [2.75, 3.05) is 67.8 Å². The highest BCUT2D eigenvalue weighted by atomic mass is 16.6. The SMILES string of the molecule is O=[N+]([O-])c1cc(/C=N/Nc2nc(N3CCOCC3)nc(N3CCOCC3)n2)ccc1O. The Balaban J connectivity index is 1.55. The van der Waals surface area contributed by atoms with Crippen LogP contribution in [0.3, 0.4) is 0 Å². The highest BCUT2D eigenvalue weighted by molar-refractivity contribution is 5.81. The van der Waals surface area contributed by atoms with Crippen molar-refractivity contribution in [3.63, 3.8) is 0 Å². The van der Waals surface area contributed by atoms with Gasteiger partial charge in [0.1, 0.15) is 0 Å². The first-order chi connectivity index (χ1) is 15.1. The third-order valence-corrected chi connectivity index (χ3v) is 4.77. The lowest BCUT2D eigenvalue weighted by Crippen LogP contribution is -2.40. The Hall–Kier alpha value is -3.58. The van der Waals surface area contributed by atoms with Gasteiger partial charge in [0.25, 0.3) is 0 Å². The van der Waals surface area contributed by atoms with E-state index in [1.807, 2.05) is 9.80 Å². The van der Waals surface area contributed by atoms with Crippen LogP contribution in [-0.4, -0.2) is 83.8 Å². The standard InChI is InChI=1S/C18H22N8O5/c27-15-2-1-13(11-14(15)26(28)29)12-19-23-16-20-17(24-3-7-30-8-4-24)22-18(21-16)25-5-9-31-10-6-25/h1-2,11-12,27H,3-10H2,(H,20,21,22,23)/b19-12+. The molecule has 2 saturated heterocycles. The quantitative estimate of drug-likeness (QED) is 0.376. The summed E-state index contributed by atoms with van der Waals surface area (Å²) in [5.41, 5.74) is 2.82. The fraction of sp³-hybridized carbons (Fsp3) is 0.444. The summed E-state index contributed by atoms with van der Waals surface area (Å²) in [6.45, 7) is 5.08. The van der Waals surface area contributed by atoms with Crippen molar-refractivity contribution >= 4 is 29.7 Å². The Morgan fingerprint density at radius 3 is 2.16 bits per heavy atom. The maximum absolute atomic E-state index is 11.0. The molecule has 13 nitrogen and oxygen atoms in total. The first-order valence-corrected chi connectivity index (χ1v) is 9.78. The number of rotatable bonds is 6. The number of nitrogens with one attached hydrogen (secondary N) is 1. The molecule has 0 atom stereocenters. The first kappa shape index (κ1) is 20.7. The zero-order chi connectivity index (χ0) is 21.6. The summed E-state index contributed by atoms with van der Waals surface area (Å²) in [6, 6.07) is 3.99. The molecule has 1 aromatic heterocycles. The molecule has 0 bridgehead atoms. The Kier molecular flexibility index (Phi) is 6.33. The average Bonchev–Trinajstić information content (AvgIpc) is 2.81. The molecule has 2 N–H and O–H groups in total. The van der Waals surface area contributed by atoms with Gasteiger partial charge >= 0.3 is 5.69 Å². The van der Waals surface area contributed by atoms with Crippen LogP contribution in [0.4, 0.5) is 23.5 Å². The second-order valence-electron chi connectivity index (χ2n) is 6.83. The van der Waals surface area contributed by atoms with Crippen LogP contribution in [0.15, 0.2) is 23.3 Å². The van der Waals surface area contributed by atoms with Gasteiger partial charge in [0.15, 0.2) is 5.75 Å². The number of nitro groups is 1. The largest absolute Gasteiger partial charge is 0.502 e. The highest BCUT2D eigenvalue weighted by Crippen LogP contribution is 2.25. The van der Waals surface area contributed by atoms with Crippen LogP contribution in [0.5, 0.6) is 5.75 Å². The normalized spacial score (nSPS) is 17.2. The maximum Gasteiger partial charge on any atom is 0.311 e. The molecule has 3 heterocycles. The van der Waals surface area contributed by atoms with E-state index in [4.69, 9.17) is 9.47 Å². The third kappa shape index (κ3) is 5.13. The minimum atomic E-state index is -0.657. The second kappa shape index (κ2) is 9.49. The zero-order valence-electron chi connectivity index (χ0n) is 16.7. The van der Waals surface area contributed by atoms with Crippen molar-refractivity contribution < 1.29 is 19.5 Å². The summed E-state index contributed by atoms with van der Waals surface area (Å²) in [5, 5.41) is 24.6. The van der Waals surface area contributed by atoms with E-state index >= 15 is 0 Å². The van der Waals surface area contributed by atoms with Crippen LogP contribution in [0.1, 0.15) is 5.56 Å². The lowest BCUT2D eigenvalue weighted by Gasteiger charge is -2.30. The summed E-state index contributed by atoms with van der Waals surface area (Å²) in [6.07, 6.45) is 1.39. The predicted octanol–water partition coefficient (Wildman–Crippen LogP) is 0.605. The molecule has 2 fully saturated rings. The van der Waals surface area contributed by atoms with Gasteiger partial charge in [-0.3, -0.25) is 10.1 Å². The van der Waals surface area contributed by atoms with E-state index in [0.29, 0.717) is 70.1 Å². The smallest absolute Gasteiger partial charge is 0.311 e. The summed E-state index contributed by atoms with van der Waals surface area (Å²) in [4.78, 5) is 27.9. The fourth-order valence-electron chi connectivity index (χ4n) is 3.14. The number of hydrogen-bond donors (Lipinski definition) is 2. The van der Waals surface area contributed by atoms with Crippen molar-refractivity contribution in [3.8, 4) is 5.75 Å². The summed E-state index contributed by atoms with van der Waals surface area (Å²) in [5.74, 6) is 0.899. The number of nitro benzene ring substituents is 1. The third-order valence-electron chi connectivity index (χ3n) is 4.77. The molecule has 1 aromatic carbocycles. The number of hydrogen-bond acceptors (Lipinski definition) is 12. The molecular formula is C18H22N8O5. The molecular weight excluding hydrogens is 408 g/mol. The van der Waals surface area contributed by atoms with Gasteiger partial charge in [0, 0.05) is 37.8 Å². The molecule has 2 aliphatic heterocycles. The van der Waals surface area contributed by atoms with Crippen LogP contribution in [0, 0.1) is 10.1 Å². The average molecular weight is 430 g/mol. The van der Waals surface area contributed by atoms with Gasteiger partial charge in [-0.25, -0.2) is 5.43 Å². The molecule has 2 aromatic rings. The molecule has 2 aliphatic rings. The number of phenolic OH excluding ortho intramolecular Hbond substituents is 1. The second-order valence-corrected chi connectivity index (χ2v) is 6.83. The molecule has 0 amide bonds. The highest BCUT2D eigenvalue weighted by Gasteiger charge is 2.20. The summed E-state index contributed by atoms with van der Waals surface area (Å²) in [7, 11) is 0. The van der Waals surface area contributed by atoms with Crippen LogP contribution in [0.2, 0.25) is 0 Å². The molecule has 0 radical (unpaired) electrons. The molecule has 31 heavy (non-hydrogen) atoms. The van der Waals surface area contributed by atoms with Crippen LogP contribution in [0.25, 0.3) is 0 Å². The van der Waals surface area contributed by atoms with E-state index in [-0.39, 0.29) is 5.95 Å². The van der Waals surface area contributed by atoms with Crippen LogP contribution in [-0.2, 0) is 9.47 Å². The van der Waals surface area contributed by atoms with Gasteiger partial charge in [-0.15, -0.1) is 0 Å². The first-order valence-electron chi connectivity index (χ1n) is 9.78. The Bertz CT molecular complexity index is 924. The number of ether oxygens (including phenoxy) is 2. The van der Waals surface area contributed by atoms with E-state index in [9.17, 15) is 15.2 Å². The number of anilines is 3. The number of benzene rings is 1. The van der Waals surface area contributed by atoms with Crippen molar-refractivity contribution in [1.82, 2.24) is 15.0 Å². The predicted molar refractivity (Wildman–Crippen MR) is 112 cm³/mol. The van der Waals surface area contributed by atoms with Crippen molar-refractivity contribution in [2.45, 2.75) is 0 Å². The number of phenols is 1. The van der Waals surface area contributed by atoms with E-state index in [1.54, 1.807) is 0 Å². The van der Waals surface area contributed by atoms with E-state index in [0.717, 1.165) is 0 Å². The Morgan fingerprint density at radius 1 is 1.03 bits per heavy atom. The molecule has 0 aliphatic carbocycles. The van der Waals surface area contributed by atoms with E-state index in [1.165, 1.54) is 24.4 Å². The number of morpholine rings is 2. The van der Waals surface area contributed by atoms with Gasteiger partial charge in [-0.2, -0.15) is 20.1 Å². The van der Waals surface area contributed by atoms with Crippen molar-refractivity contribution in [1.29, 1.82) is 0 Å². The van der Waals surface area contributed by atoms with Crippen molar-refractivity contribution in [3.05, 3.63) is 33.9 Å². The molecule has 0 spiro atoms. The number of hydrazone groups is 1. The minimum Gasteiger partial charge on any atom is -0.502 e. The van der Waals surface area contributed by atoms with Gasteiger partial charge in [-0.05, 0) is 12.1 Å². The van der Waals surface area contributed by atoms with Crippen LogP contribution >= 0.6 is 0 Å². The van der Waals surface area contributed by atoms with Gasteiger partial charge in [0.05, 0.1) is 37.6 Å². The van der Waals surface area contributed by atoms with Gasteiger partial charge in [-0.1, -0.05) is 0 Å². The molecule has 0 unspecified atom stereocenters. The number of aromatic hydroxyl groups is 1. The van der Waals surface area contributed by atoms with Gasteiger partial charge in [0.2, 0.25) is 17.8 Å². The lowest BCUT2D eigenvalue weighted by molar-refractivity contribution is -0.385. The van der Waals surface area contributed by atoms with E-state index < -0.39 is 16.4 Å². The summed E-state index contributed by atoms with van der Waals surface area (Å²) >= 11 is 0. The topological polar surface area (TPSA) is 151 Å². The van der Waals surface area contributed by atoms with Gasteiger partial charge < -0.3 is 24.4 Å². The molecule has 13 heteroatoms. The zero-order valence-corrected chi connectivity index (χ0v) is 16.7. The molecule has 0 saturated carbocycles. The Labute approximate surface area is 177 Å². The molecule has 164 valence electrons. The Morgan fingerprint density at radius 2 is 1.61 bits per heavy atom. The van der Waals surface area contributed by atoms with Crippen LogP contribution < -0.4 is 15.2 Å². The maximum atomic E-state index is 11.0. The summed E-state index contributed by atoms with van der Waals surface area (Å²) < 4.78 is 10.8.